The SMILES string of the molecule is CCNC(=O)NC(=O)C(C)N1CCCC(C)(C(=O)O)C1. The van der Waals surface area contributed by atoms with Crippen molar-refractivity contribution in [3.05, 3.63) is 0 Å². The first-order valence-corrected chi connectivity index (χ1v) is 6.86. The molecule has 1 rings (SSSR count). The predicted octanol–water partition coefficient (Wildman–Crippen LogP) is 0.407. The van der Waals surface area contributed by atoms with Gasteiger partial charge in [0.05, 0.1) is 11.5 Å². The molecule has 2 unspecified atom stereocenters. The van der Waals surface area contributed by atoms with E-state index in [0.29, 0.717) is 26.1 Å². The highest BCUT2D eigenvalue weighted by atomic mass is 16.4. The van der Waals surface area contributed by atoms with Crippen molar-refractivity contribution in [2.24, 2.45) is 5.41 Å². The lowest BCUT2D eigenvalue weighted by molar-refractivity contribution is -0.152. The molecule has 2 atom stereocenters. The summed E-state index contributed by atoms with van der Waals surface area (Å²) < 4.78 is 0. The Morgan fingerprint density at radius 3 is 2.60 bits per heavy atom. The Morgan fingerprint density at radius 2 is 2.05 bits per heavy atom. The maximum atomic E-state index is 11.9. The number of carbonyl (C=O) groups is 3. The minimum Gasteiger partial charge on any atom is -0.481 e. The smallest absolute Gasteiger partial charge is 0.321 e. The van der Waals surface area contributed by atoms with Crippen LogP contribution in [0.3, 0.4) is 0 Å². The third-order valence-electron chi connectivity index (χ3n) is 3.74. The minimum atomic E-state index is -0.849. The van der Waals surface area contributed by atoms with Crippen molar-refractivity contribution >= 4 is 17.9 Å². The first kappa shape index (κ1) is 16.4. The van der Waals surface area contributed by atoms with Gasteiger partial charge in [-0.05, 0) is 40.2 Å². The Morgan fingerprint density at radius 1 is 1.40 bits per heavy atom. The molecule has 0 aliphatic carbocycles. The summed E-state index contributed by atoms with van der Waals surface area (Å²) in [6.45, 7) is 6.54. The molecule has 7 heteroatoms. The summed E-state index contributed by atoms with van der Waals surface area (Å²) in [4.78, 5) is 36.4. The molecule has 20 heavy (non-hydrogen) atoms. The van der Waals surface area contributed by atoms with E-state index >= 15 is 0 Å². The van der Waals surface area contributed by atoms with Crippen LogP contribution in [0.25, 0.3) is 0 Å². The van der Waals surface area contributed by atoms with Crippen molar-refractivity contribution in [3.8, 4) is 0 Å². The number of hydrogen-bond donors (Lipinski definition) is 3. The molecule has 0 bridgehead atoms. The van der Waals surface area contributed by atoms with E-state index in [-0.39, 0.29) is 0 Å². The van der Waals surface area contributed by atoms with E-state index in [1.165, 1.54) is 0 Å². The summed E-state index contributed by atoms with van der Waals surface area (Å²) in [7, 11) is 0. The van der Waals surface area contributed by atoms with Crippen molar-refractivity contribution in [1.82, 2.24) is 15.5 Å². The van der Waals surface area contributed by atoms with Gasteiger partial charge in [-0.15, -0.1) is 0 Å². The van der Waals surface area contributed by atoms with E-state index in [9.17, 15) is 19.5 Å². The fourth-order valence-corrected chi connectivity index (χ4v) is 2.37. The van der Waals surface area contributed by atoms with Crippen LogP contribution in [0.2, 0.25) is 0 Å². The zero-order valence-corrected chi connectivity index (χ0v) is 12.2. The molecule has 1 saturated heterocycles. The summed E-state index contributed by atoms with van der Waals surface area (Å²) >= 11 is 0. The molecular weight excluding hydrogens is 262 g/mol. The molecule has 114 valence electrons. The fraction of sp³-hybridized carbons (Fsp3) is 0.769. The Bertz CT molecular complexity index is 399. The molecule has 1 heterocycles. The topological polar surface area (TPSA) is 98.7 Å². The third-order valence-corrected chi connectivity index (χ3v) is 3.74. The maximum absolute atomic E-state index is 11.9. The highest BCUT2D eigenvalue weighted by molar-refractivity contribution is 5.96. The van der Waals surface area contributed by atoms with Crippen molar-refractivity contribution < 1.29 is 19.5 Å². The number of hydrogen-bond acceptors (Lipinski definition) is 4. The second kappa shape index (κ2) is 6.69. The zero-order chi connectivity index (χ0) is 15.3. The Labute approximate surface area is 118 Å². The number of nitrogens with one attached hydrogen (secondary N) is 2. The van der Waals surface area contributed by atoms with E-state index in [1.807, 2.05) is 4.90 Å². The van der Waals surface area contributed by atoms with Crippen LogP contribution >= 0.6 is 0 Å². The maximum Gasteiger partial charge on any atom is 0.321 e. The number of imide groups is 1. The van der Waals surface area contributed by atoms with Crippen LogP contribution in [-0.4, -0.2) is 53.6 Å². The Balaban J connectivity index is 2.62. The summed E-state index contributed by atoms with van der Waals surface area (Å²) in [5.74, 6) is -1.26. The Hall–Kier alpha value is -1.63. The fourth-order valence-electron chi connectivity index (χ4n) is 2.37. The number of rotatable bonds is 4. The number of urea groups is 1. The summed E-state index contributed by atoms with van der Waals surface area (Å²) in [5, 5.41) is 14.0. The van der Waals surface area contributed by atoms with Crippen LogP contribution in [0.1, 0.15) is 33.6 Å². The van der Waals surface area contributed by atoms with Gasteiger partial charge in [-0.1, -0.05) is 0 Å². The molecule has 0 aromatic carbocycles. The number of amides is 3. The molecule has 3 amide bonds. The molecule has 0 saturated carbocycles. The highest BCUT2D eigenvalue weighted by Crippen LogP contribution is 2.30. The third kappa shape index (κ3) is 3.93. The van der Waals surface area contributed by atoms with Gasteiger partial charge in [0.1, 0.15) is 0 Å². The van der Waals surface area contributed by atoms with Gasteiger partial charge in [-0.2, -0.15) is 0 Å². The second-order valence-corrected chi connectivity index (χ2v) is 5.46. The highest BCUT2D eigenvalue weighted by Gasteiger charge is 2.40. The molecule has 0 aromatic rings. The van der Waals surface area contributed by atoms with Crippen molar-refractivity contribution in [1.29, 1.82) is 0 Å². The zero-order valence-electron chi connectivity index (χ0n) is 12.2. The molecule has 1 fully saturated rings. The van der Waals surface area contributed by atoms with Crippen molar-refractivity contribution in [2.75, 3.05) is 19.6 Å². The van der Waals surface area contributed by atoms with Gasteiger partial charge >= 0.3 is 12.0 Å². The van der Waals surface area contributed by atoms with Crippen LogP contribution < -0.4 is 10.6 Å². The van der Waals surface area contributed by atoms with E-state index in [4.69, 9.17) is 0 Å². The molecule has 1 aliphatic rings. The van der Waals surface area contributed by atoms with Crippen LogP contribution in [0, 0.1) is 5.41 Å². The van der Waals surface area contributed by atoms with E-state index in [0.717, 1.165) is 6.42 Å². The molecule has 0 spiro atoms. The van der Waals surface area contributed by atoms with Gasteiger partial charge in [-0.3, -0.25) is 19.8 Å². The van der Waals surface area contributed by atoms with Gasteiger partial charge in [-0.25, -0.2) is 4.79 Å². The largest absolute Gasteiger partial charge is 0.481 e. The van der Waals surface area contributed by atoms with Gasteiger partial charge in [0, 0.05) is 13.1 Å². The number of nitrogens with zero attached hydrogens (tertiary/aromatic N) is 1. The molecule has 0 aromatic heterocycles. The van der Waals surface area contributed by atoms with E-state index in [1.54, 1.807) is 20.8 Å². The number of likely N-dealkylation sites (tertiary alicyclic amines) is 1. The molecule has 7 nitrogen and oxygen atoms in total. The number of carboxylic acid groups (broad SMARTS) is 1. The lowest BCUT2D eigenvalue weighted by Crippen LogP contribution is -2.55. The average molecular weight is 285 g/mol. The second-order valence-electron chi connectivity index (χ2n) is 5.46. The van der Waals surface area contributed by atoms with Crippen LogP contribution in [0.15, 0.2) is 0 Å². The Kier molecular flexibility index (Phi) is 5.50. The van der Waals surface area contributed by atoms with Crippen LogP contribution in [0.4, 0.5) is 4.79 Å². The molecular formula is C13H23N3O4. The predicted molar refractivity (Wildman–Crippen MR) is 73.2 cm³/mol. The minimum absolute atomic E-state index is 0.312. The number of carboxylic acids is 1. The molecule has 0 radical (unpaired) electrons. The van der Waals surface area contributed by atoms with Gasteiger partial charge in [0.15, 0.2) is 0 Å². The number of aliphatic carboxylic acids is 1. The first-order valence-electron chi connectivity index (χ1n) is 6.86. The van der Waals surface area contributed by atoms with Gasteiger partial charge in [0.25, 0.3) is 0 Å². The lowest BCUT2D eigenvalue weighted by atomic mass is 9.81. The van der Waals surface area contributed by atoms with Crippen molar-refractivity contribution in [2.45, 2.75) is 39.7 Å². The number of carbonyl (C=O) groups excluding carboxylic acids is 2. The normalized spacial score (nSPS) is 24.8. The summed E-state index contributed by atoms with van der Waals surface area (Å²) in [5.41, 5.74) is -0.835. The number of piperidine rings is 1. The van der Waals surface area contributed by atoms with E-state index in [2.05, 4.69) is 10.6 Å². The van der Waals surface area contributed by atoms with Crippen LogP contribution in [0.5, 0.6) is 0 Å². The first-order chi connectivity index (χ1) is 9.30. The standard InChI is InChI=1S/C13H23N3O4/c1-4-14-12(20)15-10(17)9(2)16-7-5-6-13(3,8-16)11(18)19/h9H,4-8H2,1-3H3,(H,18,19)(H2,14,15,17,20). The molecule has 1 aliphatic heterocycles. The van der Waals surface area contributed by atoms with Gasteiger partial charge < -0.3 is 10.4 Å². The quantitative estimate of drug-likeness (QED) is 0.695. The van der Waals surface area contributed by atoms with E-state index < -0.39 is 29.4 Å². The van der Waals surface area contributed by atoms with Gasteiger partial charge in [0.2, 0.25) is 5.91 Å². The monoisotopic (exact) mass is 285 g/mol. The van der Waals surface area contributed by atoms with Crippen molar-refractivity contribution in [3.63, 3.8) is 0 Å². The average Bonchev–Trinajstić information content (AvgIpc) is 2.37. The lowest BCUT2D eigenvalue weighted by Gasteiger charge is -2.39. The summed E-state index contributed by atoms with van der Waals surface area (Å²) in [6, 6.07) is -1.06. The summed E-state index contributed by atoms with van der Waals surface area (Å²) in [6.07, 6.45) is 1.32. The molecule has 3 N–H and O–H groups in total. The van der Waals surface area contributed by atoms with Crippen LogP contribution in [-0.2, 0) is 9.59 Å².